The first-order chi connectivity index (χ1) is 10.8. The third-order valence-corrected chi connectivity index (χ3v) is 5.74. The summed E-state index contributed by atoms with van der Waals surface area (Å²) in [6.07, 6.45) is 1.22. The maximum absolute atomic E-state index is 12.5. The molecule has 1 fully saturated rings. The van der Waals surface area contributed by atoms with Gasteiger partial charge in [-0.2, -0.15) is 0 Å². The number of sulfonamides is 1. The summed E-state index contributed by atoms with van der Waals surface area (Å²) in [5.41, 5.74) is 1.77. The Kier molecular flexibility index (Phi) is 5.78. The van der Waals surface area contributed by atoms with Gasteiger partial charge in [-0.25, -0.2) is 13.1 Å². The second-order valence-corrected chi connectivity index (χ2v) is 7.66. The molecule has 1 aliphatic heterocycles. The molecule has 1 amide bonds. The summed E-state index contributed by atoms with van der Waals surface area (Å²) in [6.45, 7) is 4.89. The summed E-state index contributed by atoms with van der Waals surface area (Å²) < 4.78 is 32.7. The number of piperidine rings is 1. The molecule has 0 bridgehead atoms. The van der Waals surface area contributed by atoms with Crippen LogP contribution in [-0.4, -0.2) is 52.1 Å². The van der Waals surface area contributed by atoms with Crippen LogP contribution in [0.5, 0.6) is 0 Å². The van der Waals surface area contributed by atoms with Gasteiger partial charge in [0.2, 0.25) is 15.9 Å². The fourth-order valence-corrected chi connectivity index (χ4v) is 4.38. The zero-order valence-corrected chi connectivity index (χ0v) is 14.6. The molecule has 0 atom stereocenters. The second kappa shape index (κ2) is 7.42. The van der Waals surface area contributed by atoms with Gasteiger partial charge in [0.1, 0.15) is 6.61 Å². The van der Waals surface area contributed by atoms with Gasteiger partial charge in [-0.05, 0) is 38.3 Å². The standard InChI is InChI=1S/C16H24N2O4S/c1-12-4-5-15(13(2)10-12)23(20,21)17-14-6-8-18(9-7-14)16(19)11-22-3/h4-5,10,14,17H,6-9,11H2,1-3H3. The van der Waals surface area contributed by atoms with Crippen molar-refractivity contribution in [2.75, 3.05) is 26.8 Å². The molecule has 6 nitrogen and oxygen atoms in total. The fourth-order valence-electron chi connectivity index (χ4n) is 2.85. The average molecular weight is 340 g/mol. The van der Waals surface area contributed by atoms with Crippen LogP contribution >= 0.6 is 0 Å². The molecular formula is C16H24N2O4S. The number of nitrogens with zero attached hydrogens (tertiary/aromatic N) is 1. The van der Waals surface area contributed by atoms with Crippen LogP contribution in [0.3, 0.4) is 0 Å². The number of methoxy groups -OCH3 is 1. The van der Waals surface area contributed by atoms with Gasteiger partial charge in [0.15, 0.2) is 0 Å². The molecule has 0 aliphatic carbocycles. The van der Waals surface area contributed by atoms with Crippen LogP contribution in [0.4, 0.5) is 0 Å². The minimum absolute atomic E-state index is 0.0526. The van der Waals surface area contributed by atoms with Gasteiger partial charge >= 0.3 is 0 Å². The lowest BCUT2D eigenvalue weighted by Crippen LogP contribution is -2.47. The quantitative estimate of drug-likeness (QED) is 0.874. The monoisotopic (exact) mass is 340 g/mol. The second-order valence-electron chi connectivity index (χ2n) is 5.98. The third-order valence-electron chi connectivity index (χ3n) is 4.06. The van der Waals surface area contributed by atoms with E-state index in [2.05, 4.69) is 4.72 Å². The Morgan fingerprint density at radius 2 is 1.96 bits per heavy atom. The van der Waals surface area contributed by atoms with Crippen molar-refractivity contribution in [2.24, 2.45) is 0 Å². The van der Waals surface area contributed by atoms with E-state index < -0.39 is 10.0 Å². The Bertz CT molecular complexity index is 665. The lowest BCUT2D eigenvalue weighted by molar-refractivity contribution is -0.136. The molecule has 128 valence electrons. The highest BCUT2D eigenvalue weighted by Gasteiger charge is 2.27. The third kappa shape index (κ3) is 4.53. The molecule has 1 heterocycles. The lowest BCUT2D eigenvalue weighted by Gasteiger charge is -2.32. The molecule has 2 rings (SSSR count). The van der Waals surface area contributed by atoms with E-state index in [1.807, 2.05) is 13.0 Å². The SMILES string of the molecule is COCC(=O)N1CCC(NS(=O)(=O)c2ccc(C)cc2C)CC1. The molecule has 23 heavy (non-hydrogen) atoms. The van der Waals surface area contributed by atoms with E-state index in [0.717, 1.165) is 11.1 Å². The number of amides is 1. The number of benzene rings is 1. The number of hydrogen-bond donors (Lipinski definition) is 1. The highest BCUT2D eigenvalue weighted by molar-refractivity contribution is 7.89. The van der Waals surface area contributed by atoms with Gasteiger partial charge < -0.3 is 9.64 Å². The molecular weight excluding hydrogens is 316 g/mol. The molecule has 0 unspecified atom stereocenters. The van der Waals surface area contributed by atoms with Crippen LogP contribution in [0.2, 0.25) is 0 Å². The maximum atomic E-state index is 12.5. The van der Waals surface area contributed by atoms with E-state index in [4.69, 9.17) is 4.74 Å². The van der Waals surface area contributed by atoms with Crippen LogP contribution < -0.4 is 4.72 Å². The van der Waals surface area contributed by atoms with Gasteiger partial charge in [0.25, 0.3) is 0 Å². The summed E-state index contributed by atoms with van der Waals surface area (Å²) in [6, 6.07) is 5.16. The van der Waals surface area contributed by atoms with Crippen molar-refractivity contribution in [2.45, 2.75) is 37.6 Å². The summed E-state index contributed by atoms with van der Waals surface area (Å²) in [5, 5.41) is 0. The topological polar surface area (TPSA) is 75.7 Å². The predicted molar refractivity (Wildman–Crippen MR) is 87.7 cm³/mol. The first-order valence-corrected chi connectivity index (χ1v) is 9.18. The van der Waals surface area contributed by atoms with E-state index in [9.17, 15) is 13.2 Å². The number of nitrogens with one attached hydrogen (secondary N) is 1. The highest BCUT2D eigenvalue weighted by Crippen LogP contribution is 2.19. The van der Waals surface area contributed by atoms with E-state index >= 15 is 0 Å². The molecule has 7 heteroatoms. The number of carbonyl (C=O) groups excluding carboxylic acids is 1. The first-order valence-electron chi connectivity index (χ1n) is 7.70. The number of likely N-dealkylation sites (tertiary alicyclic amines) is 1. The van der Waals surface area contributed by atoms with Crippen LogP contribution in [-0.2, 0) is 19.6 Å². The Morgan fingerprint density at radius 3 is 2.52 bits per heavy atom. The molecule has 0 radical (unpaired) electrons. The number of aryl methyl sites for hydroxylation is 2. The number of hydrogen-bond acceptors (Lipinski definition) is 4. The van der Waals surface area contributed by atoms with E-state index in [1.54, 1.807) is 24.0 Å². The van der Waals surface area contributed by atoms with Crippen molar-refractivity contribution in [3.05, 3.63) is 29.3 Å². The van der Waals surface area contributed by atoms with Crippen molar-refractivity contribution in [1.29, 1.82) is 0 Å². The Hall–Kier alpha value is -1.44. The largest absolute Gasteiger partial charge is 0.375 e. The van der Waals surface area contributed by atoms with Gasteiger partial charge in [-0.15, -0.1) is 0 Å². The normalized spacial score (nSPS) is 16.6. The number of ether oxygens (including phenoxy) is 1. The molecule has 1 aromatic rings. The van der Waals surface area contributed by atoms with Crippen LogP contribution in [0.1, 0.15) is 24.0 Å². The molecule has 1 saturated heterocycles. The molecule has 0 saturated carbocycles. The summed E-state index contributed by atoms with van der Waals surface area (Å²) >= 11 is 0. The zero-order chi connectivity index (χ0) is 17.0. The average Bonchev–Trinajstić information content (AvgIpc) is 2.47. The smallest absolute Gasteiger partial charge is 0.248 e. The van der Waals surface area contributed by atoms with Crippen molar-refractivity contribution in [3.8, 4) is 0 Å². The van der Waals surface area contributed by atoms with Crippen molar-refractivity contribution in [3.63, 3.8) is 0 Å². The molecule has 0 aromatic heterocycles. The van der Waals surface area contributed by atoms with Gasteiger partial charge in [0, 0.05) is 26.2 Å². The molecule has 0 spiro atoms. The van der Waals surface area contributed by atoms with Gasteiger partial charge in [-0.1, -0.05) is 17.7 Å². The van der Waals surface area contributed by atoms with Gasteiger partial charge in [0.05, 0.1) is 4.90 Å². The van der Waals surface area contributed by atoms with Crippen molar-refractivity contribution in [1.82, 2.24) is 9.62 Å². The summed E-state index contributed by atoms with van der Waals surface area (Å²) in [4.78, 5) is 13.8. The fraction of sp³-hybridized carbons (Fsp3) is 0.562. The minimum atomic E-state index is -3.53. The zero-order valence-electron chi connectivity index (χ0n) is 13.8. The molecule has 1 aromatic carbocycles. The lowest BCUT2D eigenvalue weighted by atomic mass is 10.1. The van der Waals surface area contributed by atoms with E-state index in [1.165, 1.54) is 7.11 Å². The molecule has 1 aliphatic rings. The Balaban J connectivity index is 1.99. The number of carbonyl (C=O) groups is 1. The number of rotatable bonds is 5. The van der Waals surface area contributed by atoms with E-state index in [-0.39, 0.29) is 18.6 Å². The Labute approximate surface area is 137 Å². The van der Waals surface area contributed by atoms with Crippen LogP contribution in [0, 0.1) is 13.8 Å². The highest BCUT2D eigenvalue weighted by atomic mass is 32.2. The van der Waals surface area contributed by atoms with Crippen LogP contribution in [0.25, 0.3) is 0 Å². The Morgan fingerprint density at radius 1 is 1.30 bits per heavy atom. The minimum Gasteiger partial charge on any atom is -0.375 e. The van der Waals surface area contributed by atoms with E-state index in [0.29, 0.717) is 30.8 Å². The molecule has 1 N–H and O–H groups in total. The maximum Gasteiger partial charge on any atom is 0.248 e. The van der Waals surface area contributed by atoms with Crippen LogP contribution in [0.15, 0.2) is 23.1 Å². The summed E-state index contributed by atoms with van der Waals surface area (Å²) in [7, 11) is -2.04. The predicted octanol–water partition coefficient (Wildman–Crippen LogP) is 1.22. The summed E-state index contributed by atoms with van der Waals surface area (Å²) in [5.74, 6) is -0.0526. The first kappa shape index (κ1) is 17.9. The van der Waals surface area contributed by atoms with Gasteiger partial charge in [-0.3, -0.25) is 4.79 Å². The van der Waals surface area contributed by atoms with Crippen molar-refractivity contribution >= 4 is 15.9 Å². The van der Waals surface area contributed by atoms with Crippen molar-refractivity contribution < 1.29 is 17.9 Å².